The highest BCUT2D eigenvalue weighted by atomic mass is 32.1. The average molecular weight is 575 g/mol. The molecule has 0 unspecified atom stereocenters. The second-order valence-corrected chi connectivity index (χ2v) is 13.3. The minimum atomic E-state index is -0.0796. The first-order chi connectivity index (χ1) is 20.0. The maximum Gasteiger partial charge on any atom is 0.224 e. The van der Waals surface area contributed by atoms with Gasteiger partial charge < -0.3 is 10.3 Å². The molecule has 3 aromatic heterocycles. The Morgan fingerprint density at radius 3 is 2.62 bits per heavy atom. The van der Waals surface area contributed by atoms with Gasteiger partial charge in [-0.05, 0) is 78.4 Å². The molecule has 0 atom stereocenters. The molecule has 2 aromatic carbocycles. The maximum atomic E-state index is 12.6. The number of thiophene rings is 1. The Hall–Kier alpha value is -4.49. The van der Waals surface area contributed by atoms with E-state index in [4.69, 9.17) is 5.10 Å². The van der Waals surface area contributed by atoms with Crippen LogP contribution in [0.3, 0.4) is 0 Å². The van der Waals surface area contributed by atoms with Crippen molar-refractivity contribution in [3.8, 4) is 22.5 Å². The lowest BCUT2D eigenvalue weighted by Gasteiger charge is -2.17. The number of anilines is 1. The topological polar surface area (TPSA) is 90.6 Å². The summed E-state index contributed by atoms with van der Waals surface area (Å²) in [6.07, 6.45) is 7.57. The number of aromatic amines is 2. The Bertz CT molecular complexity index is 1910. The zero-order chi connectivity index (χ0) is 29.6. The van der Waals surface area contributed by atoms with Crippen LogP contribution in [-0.2, 0) is 11.2 Å². The molecule has 6 rings (SSSR count). The summed E-state index contributed by atoms with van der Waals surface area (Å²) in [5.74, 6) is 0.0966. The number of benzene rings is 2. The zero-order valence-electron chi connectivity index (χ0n) is 24.5. The highest BCUT2D eigenvalue weighted by Gasteiger charge is 2.20. The number of aryl methyl sites for hydroxylation is 1. The van der Waals surface area contributed by atoms with E-state index in [2.05, 4.69) is 84.7 Å². The molecule has 0 spiro atoms. The number of hydrogen-bond donors (Lipinski definition) is 3. The number of fused-ring (bicyclic) bond motifs is 2. The first-order valence-corrected chi connectivity index (χ1v) is 15.0. The molecular formula is C35H34N4O2S. The molecule has 0 saturated carbocycles. The number of rotatable bonds is 6. The van der Waals surface area contributed by atoms with Crippen LogP contribution in [-0.4, -0.2) is 26.9 Å². The zero-order valence-corrected chi connectivity index (χ0v) is 25.3. The van der Waals surface area contributed by atoms with Gasteiger partial charge in [-0.25, -0.2) is 0 Å². The Labute approximate surface area is 249 Å². The number of carbonyl (C=O) groups excluding carboxylic acids is 2. The number of amides is 1. The predicted molar refractivity (Wildman–Crippen MR) is 173 cm³/mol. The second kappa shape index (κ2) is 10.7. The number of carbonyl (C=O) groups is 2. The molecule has 3 N–H and O–H groups in total. The Morgan fingerprint density at radius 1 is 1.02 bits per heavy atom. The van der Waals surface area contributed by atoms with Gasteiger partial charge in [0.15, 0.2) is 5.78 Å². The van der Waals surface area contributed by atoms with Gasteiger partial charge in [0, 0.05) is 45.6 Å². The molecule has 6 nitrogen and oxygen atoms in total. The van der Waals surface area contributed by atoms with Gasteiger partial charge in [0.2, 0.25) is 5.91 Å². The van der Waals surface area contributed by atoms with E-state index in [0.717, 1.165) is 77.7 Å². The third kappa shape index (κ3) is 5.65. The second-order valence-electron chi connectivity index (χ2n) is 12.2. The van der Waals surface area contributed by atoms with E-state index in [1.54, 1.807) is 6.92 Å². The molecule has 1 amide bonds. The molecule has 42 heavy (non-hydrogen) atoms. The normalized spacial score (nSPS) is 13.1. The molecule has 1 aliphatic rings. The van der Waals surface area contributed by atoms with Crippen molar-refractivity contribution in [2.24, 2.45) is 5.41 Å². The van der Waals surface area contributed by atoms with Crippen LogP contribution in [0.4, 0.5) is 5.69 Å². The van der Waals surface area contributed by atoms with E-state index in [0.29, 0.717) is 6.42 Å². The van der Waals surface area contributed by atoms with Gasteiger partial charge >= 0.3 is 0 Å². The lowest BCUT2D eigenvalue weighted by molar-refractivity contribution is -0.117. The van der Waals surface area contributed by atoms with Crippen LogP contribution in [0.1, 0.15) is 65.5 Å². The number of Topliss-reactive ketones (excluding diaryl/α,β-unsaturated/α-hetero) is 1. The van der Waals surface area contributed by atoms with Crippen LogP contribution in [0.15, 0.2) is 72.8 Å². The van der Waals surface area contributed by atoms with Gasteiger partial charge in [0.25, 0.3) is 0 Å². The van der Waals surface area contributed by atoms with Crippen LogP contribution in [0.2, 0.25) is 0 Å². The van der Waals surface area contributed by atoms with Crippen molar-refractivity contribution < 1.29 is 9.59 Å². The van der Waals surface area contributed by atoms with Gasteiger partial charge in [-0.1, -0.05) is 51.1 Å². The van der Waals surface area contributed by atoms with Gasteiger partial charge in [-0.2, -0.15) is 5.10 Å². The van der Waals surface area contributed by atoms with Gasteiger partial charge in [0.05, 0.1) is 16.1 Å². The fourth-order valence-electron chi connectivity index (χ4n) is 5.46. The van der Waals surface area contributed by atoms with Gasteiger partial charge in [0.1, 0.15) is 5.69 Å². The number of nitrogens with zero attached hydrogens (tertiary/aromatic N) is 1. The number of hydrogen-bond acceptors (Lipinski definition) is 4. The Morgan fingerprint density at radius 2 is 1.86 bits per heavy atom. The largest absolute Gasteiger partial charge is 0.356 e. The minimum Gasteiger partial charge on any atom is -0.356 e. The van der Waals surface area contributed by atoms with Crippen molar-refractivity contribution in [1.82, 2.24) is 15.2 Å². The summed E-state index contributed by atoms with van der Waals surface area (Å²) in [6.45, 7) is 9.84. The molecule has 0 saturated heterocycles. The van der Waals surface area contributed by atoms with Gasteiger partial charge in [-0.15, -0.1) is 11.3 Å². The summed E-state index contributed by atoms with van der Waals surface area (Å²) < 4.78 is 0. The van der Waals surface area contributed by atoms with Crippen LogP contribution >= 0.6 is 11.3 Å². The van der Waals surface area contributed by atoms with Crippen LogP contribution in [0.5, 0.6) is 0 Å². The quantitative estimate of drug-likeness (QED) is 0.177. The molecular weight excluding hydrogens is 540 g/mol. The van der Waals surface area contributed by atoms with E-state index in [1.165, 1.54) is 11.3 Å². The smallest absolute Gasteiger partial charge is 0.224 e. The fourth-order valence-corrected chi connectivity index (χ4v) is 6.40. The first-order valence-electron chi connectivity index (χ1n) is 14.1. The third-order valence-electron chi connectivity index (χ3n) is 7.33. The molecule has 0 fully saturated rings. The third-order valence-corrected chi connectivity index (χ3v) is 8.55. The molecule has 3 heterocycles. The van der Waals surface area contributed by atoms with Crippen LogP contribution in [0.25, 0.3) is 39.0 Å². The van der Waals surface area contributed by atoms with Crippen molar-refractivity contribution in [2.75, 3.05) is 5.32 Å². The number of nitrogens with one attached hydrogen (secondary N) is 3. The molecule has 7 heteroatoms. The van der Waals surface area contributed by atoms with Crippen molar-refractivity contribution in [1.29, 1.82) is 0 Å². The summed E-state index contributed by atoms with van der Waals surface area (Å²) in [4.78, 5) is 30.0. The highest BCUT2D eigenvalue weighted by molar-refractivity contribution is 7.15. The number of allylic oxidation sites excluding steroid dienone is 3. The van der Waals surface area contributed by atoms with E-state index in [1.807, 2.05) is 31.2 Å². The summed E-state index contributed by atoms with van der Waals surface area (Å²) in [5.41, 5.74) is 9.95. The summed E-state index contributed by atoms with van der Waals surface area (Å²) in [7, 11) is 0. The highest BCUT2D eigenvalue weighted by Crippen LogP contribution is 2.38. The number of ketones is 1. The number of H-pyrrole nitrogens is 2. The average Bonchev–Trinajstić information content (AvgIpc) is 3.63. The van der Waals surface area contributed by atoms with Crippen LogP contribution in [0, 0.1) is 12.3 Å². The Kier molecular flexibility index (Phi) is 7.07. The molecule has 0 bridgehead atoms. The van der Waals surface area contributed by atoms with Crippen molar-refractivity contribution >= 4 is 45.2 Å². The Balaban J connectivity index is 1.36. The van der Waals surface area contributed by atoms with E-state index >= 15 is 0 Å². The monoisotopic (exact) mass is 574 g/mol. The first kappa shape index (κ1) is 27.7. The fraction of sp³-hybridized carbons (Fsp3) is 0.229. The summed E-state index contributed by atoms with van der Waals surface area (Å²) in [5, 5.41) is 12.0. The van der Waals surface area contributed by atoms with E-state index in [-0.39, 0.29) is 17.1 Å². The standard InChI is InChI=1S/C35H34N4O2S/c1-20-14-23(16-24(15-20)36-33(41)19-35(3,4)5)22-10-11-29-27(17-22)34(39-38-29)30-18-26-25(8-6-7-9-28(26)37-30)32-13-12-31(42-32)21(2)40/h6-8,10-18,37H,9,19H2,1-5H3,(H,36,41)(H,38,39). The van der Waals surface area contributed by atoms with Crippen molar-refractivity contribution in [3.63, 3.8) is 0 Å². The van der Waals surface area contributed by atoms with E-state index in [9.17, 15) is 9.59 Å². The predicted octanol–water partition coefficient (Wildman–Crippen LogP) is 8.72. The lowest BCUT2D eigenvalue weighted by atomic mass is 9.92. The van der Waals surface area contributed by atoms with E-state index < -0.39 is 0 Å². The summed E-state index contributed by atoms with van der Waals surface area (Å²) in [6, 6.07) is 18.6. The van der Waals surface area contributed by atoms with Crippen LogP contribution < -0.4 is 5.32 Å². The molecule has 1 aliphatic carbocycles. The molecule has 5 aromatic rings. The molecule has 0 radical (unpaired) electrons. The SMILES string of the molecule is CC(=O)c1ccc(C2=CC=CCc3[nH]c(-c4n[nH]c5ccc(-c6cc(C)cc(NC(=O)CC(C)(C)C)c6)cc45)cc32)s1. The minimum absolute atomic E-state index is 0.0152. The van der Waals surface area contributed by atoms with Crippen molar-refractivity contribution in [2.45, 2.75) is 47.5 Å². The maximum absolute atomic E-state index is 12.6. The van der Waals surface area contributed by atoms with Crippen molar-refractivity contribution in [3.05, 3.63) is 99.4 Å². The molecule has 212 valence electrons. The van der Waals surface area contributed by atoms with Gasteiger partial charge in [-0.3, -0.25) is 14.7 Å². The molecule has 0 aliphatic heterocycles. The number of aromatic nitrogens is 3. The summed E-state index contributed by atoms with van der Waals surface area (Å²) >= 11 is 1.52. The lowest BCUT2D eigenvalue weighted by Crippen LogP contribution is -2.19.